The maximum absolute atomic E-state index is 13.3. The van der Waals surface area contributed by atoms with Gasteiger partial charge in [-0.25, -0.2) is 9.67 Å². The molecule has 1 aliphatic rings. The first-order chi connectivity index (χ1) is 16.5. The van der Waals surface area contributed by atoms with Crippen molar-refractivity contribution >= 4 is 40.3 Å². The Hall–Kier alpha value is -3.30. The summed E-state index contributed by atoms with van der Waals surface area (Å²) in [5, 5.41) is 8.97. The summed E-state index contributed by atoms with van der Waals surface area (Å²) < 4.78 is 8.43. The monoisotopic (exact) mass is 495 g/mol. The van der Waals surface area contributed by atoms with Crippen molar-refractivity contribution in [3.63, 3.8) is 0 Å². The number of nitrogens with one attached hydrogen (secondary N) is 1. The molecule has 2 aromatic carbocycles. The van der Waals surface area contributed by atoms with Gasteiger partial charge in [-0.05, 0) is 48.4 Å². The lowest BCUT2D eigenvalue weighted by molar-refractivity contribution is -0.121. The summed E-state index contributed by atoms with van der Waals surface area (Å²) in [5.74, 6) is 1.34. The Morgan fingerprint density at radius 1 is 1.21 bits per heavy atom. The second kappa shape index (κ2) is 9.52. The van der Waals surface area contributed by atoms with Gasteiger partial charge in [0.05, 0.1) is 25.0 Å². The highest BCUT2D eigenvalue weighted by molar-refractivity contribution is 7.99. The molecule has 0 saturated carbocycles. The number of carbonyl (C=O) groups excluding carboxylic acids is 1. The van der Waals surface area contributed by atoms with Gasteiger partial charge in [0, 0.05) is 23.7 Å². The molecule has 0 saturated heterocycles. The fraction of sp³-hybridized carbons (Fsp3) is 0.250. The van der Waals surface area contributed by atoms with Gasteiger partial charge in [0.2, 0.25) is 5.91 Å². The molecule has 1 unspecified atom stereocenters. The predicted octanol–water partition coefficient (Wildman–Crippen LogP) is 3.64. The Morgan fingerprint density at radius 3 is 2.71 bits per heavy atom. The van der Waals surface area contributed by atoms with Gasteiger partial charge in [0.15, 0.2) is 10.8 Å². The first-order valence-electron chi connectivity index (χ1n) is 10.8. The summed E-state index contributed by atoms with van der Waals surface area (Å²) >= 11 is 7.46. The molecule has 1 N–H and O–H groups in total. The third kappa shape index (κ3) is 4.41. The number of nitrogens with zero attached hydrogens (tertiary/aromatic N) is 4. The topological polar surface area (TPSA) is 91.0 Å². The van der Waals surface area contributed by atoms with E-state index in [9.17, 15) is 9.59 Å². The number of ether oxygens (including phenoxy) is 1. The molecule has 8 nitrogen and oxygen atoms in total. The largest absolute Gasteiger partial charge is 0.497 e. The van der Waals surface area contributed by atoms with Crippen molar-refractivity contribution in [2.24, 2.45) is 0 Å². The highest BCUT2D eigenvalue weighted by atomic mass is 35.5. The molecular formula is C24H22ClN5O3S. The van der Waals surface area contributed by atoms with Crippen LogP contribution < -0.4 is 15.6 Å². The molecule has 1 atom stereocenters. The smallest absolute Gasteiger partial charge is 0.265 e. The standard InChI is InChI=1S/C24H22ClN5O3S/c1-33-19-8-2-15(3-9-19)10-11-26-21(31)12-18-14-34-24-28-22-20(23(32)29(18)24)13-27-30(22)17-6-4-16(25)5-7-17/h2-9,13,18H,10-12,14H2,1H3,(H,26,31). The van der Waals surface area contributed by atoms with Crippen molar-refractivity contribution in [1.29, 1.82) is 0 Å². The van der Waals surface area contributed by atoms with Crippen molar-refractivity contribution in [1.82, 2.24) is 24.6 Å². The molecule has 4 aromatic rings. The number of aromatic nitrogens is 4. The fourth-order valence-corrected chi connectivity index (χ4v) is 5.23. The van der Waals surface area contributed by atoms with E-state index in [1.54, 1.807) is 28.5 Å². The highest BCUT2D eigenvalue weighted by Crippen LogP contribution is 2.33. The van der Waals surface area contributed by atoms with Crippen molar-refractivity contribution in [3.05, 3.63) is 75.7 Å². The van der Waals surface area contributed by atoms with Gasteiger partial charge in [0.25, 0.3) is 5.56 Å². The predicted molar refractivity (Wildman–Crippen MR) is 132 cm³/mol. The van der Waals surface area contributed by atoms with Crippen LogP contribution in [0.4, 0.5) is 0 Å². The van der Waals surface area contributed by atoms with E-state index in [4.69, 9.17) is 21.3 Å². The summed E-state index contributed by atoms with van der Waals surface area (Å²) in [5.41, 5.74) is 2.20. The van der Waals surface area contributed by atoms with E-state index in [-0.39, 0.29) is 23.9 Å². The van der Waals surface area contributed by atoms with Gasteiger partial charge < -0.3 is 10.1 Å². The normalized spacial score (nSPS) is 14.8. The van der Waals surface area contributed by atoms with Gasteiger partial charge in [-0.15, -0.1) is 0 Å². The van der Waals surface area contributed by atoms with E-state index in [1.165, 1.54) is 18.0 Å². The molecule has 34 heavy (non-hydrogen) atoms. The lowest BCUT2D eigenvalue weighted by Crippen LogP contribution is -2.31. The third-order valence-electron chi connectivity index (χ3n) is 5.76. The number of hydrogen-bond acceptors (Lipinski definition) is 6. The molecule has 1 aliphatic heterocycles. The van der Waals surface area contributed by atoms with Gasteiger partial charge in [0.1, 0.15) is 11.1 Å². The number of carbonyl (C=O) groups is 1. The minimum absolute atomic E-state index is 0.0872. The highest BCUT2D eigenvalue weighted by Gasteiger charge is 2.29. The molecule has 1 amide bonds. The Labute approximate surface area is 204 Å². The second-order valence-electron chi connectivity index (χ2n) is 7.96. The number of rotatable bonds is 7. The van der Waals surface area contributed by atoms with Gasteiger partial charge in [-0.1, -0.05) is 35.5 Å². The van der Waals surface area contributed by atoms with Gasteiger partial charge in [-0.2, -0.15) is 5.10 Å². The minimum Gasteiger partial charge on any atom is -0.497 e. The number of hydrogen-bond donors (Lipinski definition) is 1. The maximum Gasteiger partial charge on any atom is 0.265 e. The van der Waals surface area contributed by atoms with Gasteiger partial charge in [-0.3, -0.25) is 14.2 Å². The zero-order valence-electron chi connectivity index (χ0n) is 18.4. The Bertz CT molecular complexity index is 1400. The van der Waals surface area contributed by atoms with Crippen LogP contribution in [0, 0.1) is 0 Å². The Morgan fingerprint density at radius 2 is 1.97 bits per heavy atom. The quantitative estimate of drug-likeness (QED) is 0.394. The maximum atomic E-state index is 13.3. The molecule has 174 valence electrons. The molecule has 5 rings (SSSR count). The van der Waals surface area contributed by atoms with Crippen molar-refractivity contribution < 1.29 is 9.53 Å². The zero-order valence-corrected chi connectivity index (χ0v) is 20.0. The van der Waals surface area contributed by atoms with Crippen LogP contribution in [0.2, 0.25) is 5.02 Å². The zero-order chi connectivity index (χ0) is 23.7. The van der Waals surface area contributed by atoms with Crippen molar-refractivity contribution in [2.45, 2.75) is 24.0 Å². The van der Waals surface area contributed by atoms with E-state index in [1.807, 2.05) is 36.4 Å². The third-order valence-corrected chi connectivity index (χ3v) is 7.11. The molecule has 0 fully saturated rings. The number of fused-ring (bicyclic) bond motifs is 2. The first kappa shape index (κ1) is 22.5. The second-order valence-corrected chi connectivity index (χ2v) is 9.38. The summed E-state index contributed by atoms with van der Waals surface area (Å²) in [6.45, 7) is 0.526. The average Bonchev–Trinajstić information content (AvgIpc) is 3.45. The molecule has 2 aromatic heterocycles. The molecule has 10 heteroatoms. The van der Waals surface area contributed by atoms with E-state index in [2.05, 4.69) is 10.4 Å². The van der Waals surface area contributed by atoms with Gasteiger partial charge >= 0.3 is 0 Å². The van der Waals surface area contributed by atoms with E-state index >= 15 is 0 Å². The van der Waals surface area contributed by atoms with Crippen LogP contribution in [0.25, 0.3) is 16.7 Å². The minimum atomic E-state index is -0.246. The van der Waals surface area contributed by atoms with Crippen LogP contribution in [0.15, 0.2) is 64.7 Å². The summed E-state index contributed by atoms with van der Waals surface area (Å²) in [6.07, 6.45) is 2.47. The number of benzene rings is 2. The lowest BCUT2D eigenvalue weighted by atomic mass is 10.1. The molecule has 0 aliphatic carbocycles. The Balaban J connectivity index is 1.28. The van der Waals surface area contributed by atoms with Crippen LogP contribution in [-0.4, -0.2) is 44.6 Å². The van der Waals surface area contributed by atoms with Crippen molar-refractivity contribution in [3.8, 4) is 11.4 Å². The summed E-state index contributed by atoms with van der Waals surface area (Å²) in [4.78, 5) is 30.5. The van der Waals surface area contributed by atoms with E-state index in [0.717, 1.165) is 23.4 Å². The van der Waals surface area contributed by atoms with Crippen LogP contribution in [-0.2, 0) is 11.2 Å². The molecule has 0 spiro atoms. The number of methoxy groups -OCH3 is 1. The fourth-order valence-electron chi connectivity index (χ4n) is 3.98. The lowest BCUT2D eigenvalue weighted by Gasteiger charge is -2.13. The molecular weight excluding hydrogens is 474 g/mol. The van der Waals surface area contributed by atoms with Crippen molar-refractivity contribution in [2.75, 3.05) is 19.4 Å². The molecule has 3 heterocycles. The molecule has 0 bridgehead atoms. The summed E-state index contributed by atoms with van der Waals surface area (Å²) in [7, 11) is 1.63. The Kier molecular flexibility index (Phi) is 6.30. The van der Waals surface area contributed by atoms with E-state index < -0.39 is 0 Å². The SMILES string of the molecule is COc1ccc(CCNC(=O)CC2CSc3nc4c(cnn4-c4ccc(Cl)cc4)c(=O)n32)cc1. The first-order valence-corrected chi connectivity index (χ1v) is 12.2. The number of thioether (sulfide) groups is 1. The van der Waals surface area contributed by atoms with Crippen LogP contribution >= 0.6 is 23.4 Å². The average molecular weight is 496 g/mol. The van der Waals surface area contributed by atoms with Crippen LogP contribution in [0.5, 0.6) is 5.75 Å². The number of halogens is 1. The van der Waals surface area contributed by atoms with Crippen LogP contribution in [0.3, 0.4) is 0 Å². The number of amides is 1. The van der Waals surface area contributed by atoms with E-state index in [0.29, 0.717) is 33.5 Å². The summed E-state index contributed by atoms with van der Waals surface area (Å²) in [6, 6.07) is 14.7. The van der Waals surface area contributed by atoms with Crippen LogP contribution in [0.1, 0.15) is 18.0 Å². The molecule has 0 radical (unpaired) electrons.